The molecule has 8 aromatic rings. The van der Waals surface area contributed by atoms with Crippen LogP contribution in [0, 0.1) is 11.8 Å². The van der Waals surface area contributed by atoms with Crippen molar-refractivity contribution in [1.29, 1.82) is 0 Å². The van der Waals surface area contributed by atoms with Gasteiger partial charge >= 0.3 is 11.9 Å². The van der Waals surface area contributed by atoms with Crippen LogP contribution in [0.3, 0.4) is 0 Å². The lowest BCUT2D eigenvalue weighted by molar-refractivity contribution is 0.0723. The van der Waals surface area contributed by atoms with Crippen LogP contribution in [0.1, 0.15) is 147 Å². The van der Waals surface area contributed by atoms with Crippen molar-refractivity contribution in [3.05, 3.63) is 192 Å². The molecule has 354 valence electrons. The lowest BCUT2D eigenvalue weighted by Crippen LogP contribution is -2.13. The summed E-state index contributed by atoms with van der Waals surface area (Å²) in [7, 11) is 0. The molecule has 4 nitrogen and oxygen atoms in total. The molecule has 0 aliphatic heterocycles. The van der Waals surface area contributed by atoms with E-state index in [-0.39, 0.29) is 0 Å². The highest BCUT2D eigenvalue weighted by Gasteiger charge is 2.26. The molecule has 0 aromatic heterocycles. The van der Waals surface area contributed by atoms with Crippen molar-refractivity contribution in [2.24, 2.45) is 11.8 Å². The van der Waals surface area contributed by atoms with Gasteiger partial charge in [0.05, 0.1) is 11.1 Å². The van der Waals surface area contributed by atoms with E-state index in [2.05, 4.69) is 62.4 Å². The molecular weight excluding hydrogens is 857 g/mol. The first kappa shape index (κ1) is 46.9. The van der Waals surface area contributed by atoms with Crippen LogP contribution in [0.15, 0.2) is 170 Å². The van der Waals surface area contributed by atoms with E-state index in [1.54, 1.807) is 0 Å². The van der Waals surface area contributed by atoms with Gasteiger partial charge in [0, 0.05) is 11.1 Å². The Hall–Kier alpha value is -6.78. The van der Waals surface area contributed by atoms with Crippen LogP contribution in [0.4, 0.5) is 0 Å². The second kappa shape index (κ2) is 21.9. The van der Waals surface area contributed by atoms with Crippen LogP contribution >= 0.6 is 0 Å². The molecule has 0 bridgehead atoms. The fourth-order valence-electron chi connectivity index (χ4n) is 11.6. The highest BCUT2D eigenvalue weighted by atomic mass is 16.5. The second-order valence-electron chi connectivity index (χ2n) is 20.2. The zero-order chi connectivity index (χ0) is 47.8. The molecule has 4 heteroatoms. The predicted molar refractivity (Wildman–Crippen MR) is 289 cm³/mol. The van der Waals surface area contributed by atoms with Crippen LogP contribution < -0.4 is 9.47 Å². The third-order valence-corrected chi connectivity index (χ3v) is 15.7. The van der Waals surface area contributed by atoms with E-state index in [0.717, 1.165) is 55.6 Å². The normalized spacial score (nSPS) is 18.1. The second-order valence-corrected chi connectivity index (χ2v) is 20.2. The Morgan fingerprint density at radius 2 is 0.743 bits per heavy atom. The fourth-order valence-corrected chi connectivity index (χ4v) is 11.6. The average Bonchev–Trinajstić information content (AvgIpc) is 3.42. The minimum absolute atomic E-state index is 0.381. The van der Waals surface area contributed by atoms with Crippen molar-refractivity contribution in [2.45, 2.75) is 116 Å². The third-order valence-electron chi connectivity index (χ3n) is 15.7. The van der Waals surface area contributed by atoms with Crippen LogP contribution in [0.5, 0.6) is 11.5 Å². The number of carbonyl (C=O) groups excluding carboxylic acids is 2. The lowest BCUT2D eigenvalue weighted by atomic mass is 9.77. The van der Waals surface area contributed by atoms with Crippen molar-refractivity contribution >= 4 is 33.5 Å². The number of unbranched alkanes of at least 4 members (excludes halogenated alkanes) is 2. The lowest BCUT2D eigenvalue weighted by Gasteiger charge is -2.29. The first-order valence-electron chi connectivity index (χ1n) is 26.3. The molecule has 0 amide bonds. The highest BCUT2D eigenvalue weighted by molar-refractivity contribution is 6.11. The van der Waals surface area contributed by atoms with Crippen LogP contribution in [-0.4, -0.2) is 11.9 Å². The van der Waals surface area contributed by atoms with E-state index in [0.29, 0.717) is 45.6 Å². The summed E-state index contributed by atoms with van der Waals surface area (Å²) in [5, 5.41) is 3.69. The van der Waals surface area contributed by atoms with Gasteiger partial charge in [0.25, 0.3) is 0 Å². The van der Waals surface area contributed by atoms with Gasteiger partial charge in [-0.1, -0.05) is 186 Å². The summed E-state index contributed by atoms with van der Waals surface area (Å²) in [6, 6.07) is 57.1. The number of benzene rings is 8. The quantitative estimate of drug-likeness (QED) is 0.0759. The van der Waals surface area contributed by atoms with E-state index < -0.39 is 11.9 Å². The molecule has 0 saturated heterocycles. The van der Waals surface area contributed by atoms with Gasteiger partial charge in [-0.2, -0.15) is 0 Å². The summed E-state index contributed by atoms with van der Waals surface area (Å²) in [6.07, 6.45) is 18.5. The molecule has 0 radical (unpaired) electrons. The Morgan fingerprint density at radius 1 is 0.400 bits per heavy atom. The van der Waals surface area contributed by atoms with E-state index in [9.17, 15) is 9.59 Å². The average molecular weight is 923 g/mol. The van der Waals surface area contributed by atoms with Gasteiger partial charge in [0.2, 0.25) is 0 Å². The molecule has 10 rings (SSSR count). The molecule has 2 fully saturated rings. The summed E-state index contributed by atoms with van der Waals surface area (Å²) >= 11 is 0. The monoisotopic (exact) mass is 922 g/mol. The van der Waals surface area contributed by atoms with Gasteiger partial charge in [-0.15, -0.1) is 0 Å². The molecule has 70 heavy (non-hydrogen) atoms. The summed E-state index contributed by atoms with van der Waals surface area (Å²) < 4.78 is 12.8. The Morgan fingerprint density at radius 3 is 1.10 bits per heavy atom. The van der Waals surface area contributed by atoms with Gasteiger partial charge in [-0.3, -0.25) is 0 Å². The van der Waals surface area contributed by atoms with Gasteiger partial charge in [-0.25, -0.2) is 9.59 Å². The van der Waals surface area contributed by atoms with Gasteiger partial charge < -0.3 is 9.47 Å². The number of ether oxygens (including phenoxy) is 2. The summed E-state index contributed by atoms with van der Waals surface area (Å²) in [5.74, 6) is 2.90. The molecule has 0 unspecified atom stereocenters. The standard InChI is InChI=1S/C66H66O4/c1-3-5-11-45-17-21-47(22-18-45)49-25-29-51(30-26-49)53-33-37-57(38-34-53)65(67)69-61-43-41-55-13-7-9-15-59(55)63(61)64-60-16-10-8-14-56(60)42-44-62(64)70-66(68)58-39-35-54(36-40-58)52-31-27-50(28-32-52)48-23-19-46(20-24-48)12-6-4-2/h7-10,13-16,25-48H,3-6,11-12,17-24H2,1-2H3. The van der Waals surface area contributed by atoms with Crippen molar-refractivity contribution in [3.63, 3.8) is 0 Å². The Bertz CT molecular complexity index is 2830. The van der Waals surface area contributed by atoms with E-state index in [1.807, 2.05) is 121 Å². The number of hydrogen-bond donors (Lipinski definition) is 0. The zero-order valence-corrected chi connectivity index (χ0v) is 41.0. The Kier molecular flexibility index (Phi) is 14.7. The number of rotatable bonds is 15. The molecule has 8 aromatic carbocycles. The van der Waals surface area contributed by atoms with Crippen molar-refractivity contribution < 1.29 is 19.1 Å². The maximum absolute atomic E-state index is 14.1. The minimum Gasteiger partial charge on any atom is -0.422 e. The number of carbonyl (C=O) groups is 2. The smallest absolute Gasteiger partial charge is 0.343 e. The van der Waals surface area contributed by atoms with Gasteiger partial charge in [0.15, 0.2) is 0 Å². The fraction of sp³-hybridized carbons (Fsp3) is 0.303. The first-order valence-corrected chi connectivity index (χ1v) is 26.3. The predicted octanol–water partition coefficient (Wildman–Crippen LogP) is 18.4. The highest BCUT2D eigenvalue weighted by Crippen LogP contribution is 2.46. The van der Waals surface area contributed by atoms with E-state index in [1.165, 1.54) is 101 Å². The molecular formula is C66H66O4. The SMILES string of the molecule is CCCCC1CCC(c2ccc(-c3ccc(C(=O)Oc4ccc5ccccc5c4-c4c(OC(=O)c5ccc(-c6ccc(C7CCC(CCCC)CC7)cc6)cc5)ccc5ccccc45)cc3)cc2)CC1. The van der Waals surface area contributed by atoms with E-state index in [4.69, 9.17) is 9.47 Å². The maximum atomic E-state index is 14.1. The molecule has 0 spiro atoms. The maximum Gasteiger partial charge on any atom is 0.343 e. The molecule has 2 aliphatic rings. The van der Waals surface area contributed by atoms with Crippen LogP contribution in [0.2, 0.25) is 0 Å². The number of esters is 2. The van der Waals surface area contributed by atoms with Gasteiger partial charge in [0.1, 0.15) is 11.5 Å². The Labute approximate surface area is 415 Å². The molecule has 2 saturated carbocycles. The van der Waals surface area contributed by atoms with E-state index >= 15 is 0 Å². The Balaban J connectivity index is 0.871. The minimum atomic E-state index is -0.466. The van der Waals surface area contributed by atoms with Crippen molar-refractivity contribution in [2.75, 3.05) is 0 Å². The molecule has 0 atom stereocenters. The van der Waals surface area contributed by atoms with Crippen LogP contribution in [-0.2, 0) is 0 Å². The summed E-state index contributed by atoms with van der Waals surface area (Å²) in [4.78, 5) is 28.3. The third kappa shape index (κ3) is 10.5. The topological polar surface area (TPSA) is 52.6 Å². The number of hydrogen-bond acceptors (Lipinski definition) is 4. The largest absolute Gasteiger partial charge is 0.422 e. The van der Waals surface area contributed by atoms with Crippen molar-refractivity contribution in [1.82, 2.24) is 0 Å². The van der Waals surface area contributed by atoms with Gasteiger partial charge in [-0.05, 0) is 166 Å². The van der Waals surface area contributed by atoms with Crippen molar-refractivity contribution in [3.8, 4) is 44.9 Å². The summed E-state index contributed by atoms with van der Waals surface area (Å²) in [6.45, 7) is 4.58. The first-order chi connectivity index (χ1) is 34.4. The molecule has 2 aliphatic carbocycles. The molecule has 0 heterocycles. The number of fused-ring (bicyclic) bond motifs is 2. The molecule has 0 N–H and O–H groups in total. The summed E-state index contributed by atoms with van der Waals surface area (Å²) in [5.41, 5.74) is 9.48. The van der Waals surface area contributed by atoms with Crippen LogP contribution in [0.25, 0.3) is 54.9 Å². The zero-order valence-electron chi connectivity index (χ0n) is 41.0.